The van der Waals surface area contributed by atoms with Gasteiger partial charge in [0.25, 0.3) is 0 Å². The lowest BCUT2D eigenvalue weighted by atomic mass is 10.0. The average Bonchev–Trinajstić information content (AvgIpc) is 2.30. The minimum absolute atomic E-state index is 0.0174. The predicted octanol–water partition coefficient (Wildman–Crippen LogP) is 1.86. The van der Waals surface area contributed by atoms with Crippen molar-refractivity contribution in [2.24, 2.45) is 0 Å². The van der Waals surface area contributed by atoms with E-state index in [2.05, 4.69) is 5.32 Å². The first kappa shape index (κ1) is 10.5. The molecule has 1 amide bonds. The third kappa shape index (κ3) is 2.14. The second-order valence-electron chi connectivity index (χ2n) is 3.60. The van der Waals surface area contributed by atoms with Crippen molar-refractivity contribution in [3.8, 4) is 11.8 Å². The van der Waals surface area contributed by atoms with Gasteiger partial charge in [0, 0.05) is 6.42 Å². The number of nitrogens with one attached hydrogen (secondary N) is 1. The number of aryl methyl sites for hydroxylation is 1. The summed E-state index contributed by atoms with van der Waals surface area (Å²) in [4.78, 5) is 11.3. The molecule has 1 heterocycles. The maximum absolute atomic E-state index is 11.3. The number of para-hydroxylation sites is 1. The van der Waals surface area contributed by atoms with Gasteiger partial charge in [-0.2, -0.15) is 5.26 Å². The fourth-order valence-electron chi connectivity index (χ4n) is 1.70. The van der Waals surface area contributed by atoms with E-state index in [9.17, 15) is 4.79 Å². The van der Waals surface area contributed by atoms with E-state index in [0.717, 1.165) is 17.7 Å². The number of carbonyl (C=O) groups is 1. The van der Waals surface area contributed by atoms with Crippen molar-refractivity contribution < 1.29 is 9.53 Å². The SMILES string of the molecule is N#CCCOc1cccc2c1NC(=O)CC2. The number of nitriles is 1. The Morgan fingerprint density at radius 1 is 1.44 bits per heavy atom. The number of rotatable bonds is 3. The van der Waals surface area contributed by atoms with Crippen LogP contribution < -0.4 is 10.1 Å². The topological polar surface area (TPSA) is 62.1 Å². The van der Waals surface area contributed by atoms with E-state index in [1.807, 2.05) is 24.3 Å². The first-order chi connectivity index (χ1) is 7.81. The van der Waals surface area contributed by atoms with E-state index in [1.54, 1.807) is 0 Å². The number of anilines is 1. The van der Waals surface area contributed by atoms with Crippen LogP contribution in [0.15, 0.2) is 18.2 Å². The van der Waals surface area contributed by atoms with Crippen LogP contribution in [0.1, 0.15) is 18.4 Å². The summed E-state index contributed by atoms with van der Waals surface area (Å²) in [6.45, 7) is 0.350. The predicted molar refractivity (Wildman–Crippen MR) is 59.1 cm³/mol. The summed E-state index contributed by atoms with van der Waals surface area (Å²) in [6.07, 6.45) is 1.61. The number of hydrogen-bond donors (Lipinski definition) is 1. The Hall–Kier alpha value is -2.02. The van der Waals surface area contributed by atoms with E-state index in [4.69, 9.17) is 10.00 Å². The van der Waals surface area contributed by atoms with Crippen molar-refractivity contribution >= 4 is 11.6 Å². The van der Waals surface area contributed by atoms with E-state index in [1.165, 1.54) is 0 Å². The lowest BCUT2D eigenvalue weighted by Gasteiger charge is -2.19. The molecule has 1 aliphatic heterocycles. The Labute approximate surface area is 93.8 Å². The summed E-state index contributed by atoms with van der Waals surface area (Å²) < 4.78 is 5.46. The summed E-state index contributed by atoms with van der Waals surface area (Å²) >= 11 is 0. The van der Waals surface area contributed by atoms with Gasteiger partial charge in [-0.3, -0.25) is 4.79 Å². The van der Waals surface area contributed by atoms with Gasteiger partial charge in [-0.15, -0.1) is 0 Å². The van der Waals surface area contributed by atoms with Crippen LogP contribution in [0.3, 0.4) is 0 Å². The molecule has 0 spiro atoms. The van der Waals surface area contributed by atoms with Gasteiger partial charge in [-0.1, -0.05) is 12.1 Å². The summed E-state index contributed by atoms with van der Waals surface area (Å²) in [5.74, 6) is 0.671. The van der Waals surface area contributed by atoms with Gasteiger partial charge in [-0.25, -0.2) is 0 Å². The Kier molecular flexibility index (Phi) is 3.06. The quantitative estimate of drug-likeness (QED) is 0.784. The summed E-state index contributed by atoms with van der Waals surface area (Å²) in [5, 5.41) is 11.2. The highest BCUT2D eigenvalue weighted by Gasteiger charge is 2.18. The van der Waals surface area contributed by atoms with E-state index >= 15 is 0 Å². The first-order valence-corrected chi connectivity index (χ1v) is 5.23. The molecule has 0 fully saturated rings. The monoisotopic (exact) mass is 216 g/mol. The van der Waals surface area contributed by atoms with Crippen LogP contribution in [0.4, 0.5) is 5.69 Å². The normalized spacial score (nSPS) is 13.6. The van der Waals surface area contributed by atoms with Gasteiger partial charge in [0.05, 0.1) is 18.2 Å². The van der Waals surface area contributed by atoms with Crippen LogP contribution in [-0.2, 0) is 11.2 Å². The summed E-state index contributed by atoms with van der Waals surface area (Å²) in [7, 11) is 0. The molecule has 0 radical (unpaired) electrons. The van der Waals surface area contributed by atoms with Crippen molar-refractivity contribution in [2.75, 3.05) is 11.9 Å². The molecule has 0 unspecified atom stereocenters. The van der Waals surface area contributed by atoms with E-state index < -0.39 is 0 Å². The van der Waals surface area contributed by atoms with Crippen molar-refractivity contribution in [3.63, 3.8) is 0 Å². The fourth-order valence-corrected chi connectivity index (χ4v) is 1.70. The van der Waals surface area contributed by atoms with Crippen molar-refractivity contribution in [1.82, 2.24) is 0 Å². The van der Waals surface area contributed by atoms with E-state index in [-0.39, 0.29) is 5.91 Å². The highest BCUT2D eigenvalue weighted by Crippen LogP contribution is 2.32. The first-order valence-electron chi connectivity index (χ1n) is 5.23. The Balaban J connectivity index is 2.19. The maximum Gasteiger partial charge on any atom is 0.224 e. The Morgan fingerprint density at radius 3 is 3.12 bits per heavy atom. The molecular weight excluding hydrogens is 204 g/mol. The highest BCUT2D eigenvalue weighted by molar-refractivity contribution is 5.95. The molecule has 1 aromatic rings. The van der Waals surface area contributed by atoms with Crippen molar-refractivity contribution in [1.29, 1.82) is 5.26 Å². The average molecular weight is 216 g/mol. The zero-order chi connectivity index (χ0) is 11.4. The number of amides is 1. The number of nitrogens with zero attached hydrogens (tertiary/aromatic N) is 1. The zero-order valence-corrected chi connectivity index (χ0v) is 8.82. The van der Waals surface area contributed by atoms with Crippen molar-refractivity contribution in [2.45, 2.75) is 19.3 Å². The maximum atomic E-state index is 11.3. The second kappa shape index (κ2) is 4.67. The van der Waals surface area contributed by atoms with Gasteiger partial charge < -0.3 is 10.1 Å². The minimum Gasteiger partial charge on any atom is -0.490 e. The molecule has 0 atom stereocenters. The highest BCUT2D eigenvalue weighted by atomic mass is 16.5. The van der Waals surface area contributed by atoms with E-state index in [0.29, 0.717) is 25.2 Å². The molecule has 0 saturated heterocycles. The molecule has 2 rings (SSSR count). The molecular formula is C12H12N2O2. The fraction of sp³-hybridized carbons (Fsp3) is 0.333. The van der Waals surface area contributed by atoms with Crippen LogP contribution in [0.25, 0.3) is 0 Å². The third-order valence-electron chi connectivity index (χ3n) is 2.47. The van der Waals surface area contributed by atoms with Crippen LogP contribution in [0.5, 0.6) is 5.75 Å². The second-order valence-corrected chi connectivity index (χ2v) is 3.60. The number of ether oxygens (including phenoxy) is 1. The molecule has 0 bridgehead atoms. The summed E-state index contributed by atoms with van der Waals surface area (Å²) in [6, 6.07) is 7.70. The number of fused-ring (bicyclic) bond motifs is 1. The standard InChI is InChI=1S/C12H12N2O2/c13-7-2-8-16-10-4-1-3-9-5-6-11(15)14-12(9)10/h1,3-4H,2,5-6,8H2,(H,14,15). The minimum atomic E-state index is 0.0174. The number of benzene rings is 1. The van der Waals surface area contributed by atoms with Crippen molar-refractivity contribution in [3.05, 3.63) is 23.8 Å². The lowest BCUT2D eigenvalue weighted by Crippen LogP contribution is -2.19. The van der Waals surface area contributed by atoms with Crippen LogP contribution in [-0.4, -0.2) is 12.5 Å². The number of hydrogen-bond acceptors (Lipinski definition) is 3. The summed E-state index contributed by atoms with van der Waals surface area (Å²) in [5.41, 5.74) is 1.85. The Morgan fingerprint density at radius 2 is 2.31 bits per heavy atom. The molecule has 0 aromatic heterocycles. The Bertz CT molecular complexity index is 449. The lowest BCUT2D eigenvalue weighted by molar-refractivity contribution is -0.116. The van der Waals surface area contributed by atoms with Crippen LogP contribution in [0.2, 0.25) is 0 Å². The van der Waals surface area contributed by atoms with Crippen LogP contribution in [0, 0.1) is 11.3 Å². The van der Waals surface area contributed by atoms with Gasteiger partial charge in [-0.05, 0) is 18.1 Å². The molecule has 16 heavy (non-hydrogen) atoms. The number of carbonyl (C=O) groups excluding carboxylic acids is 1. The zero-order valence-electron chi connectivity index (χ0n) is 8.82. The molecule has 0 saturated carbocycles. The molecule has 1 aliphatic rings. The molecule has 4 heteroatoms. The largest absolute Gasteiger partial charge is 0.490 e. The molecule has 82 valence electrons. The van der Waals surface area contributed by atoms with Gasteiger partial charge >= 0.3 is 0 Å². The van der Waals surface area contributed by atoms with Gasteiger partial charge in [0.2, 0.25) is 5.91 Å². The molecule has 1 N–H and O–H groups in total. The molecule has 1 aromatic carbocycles. The van der Waals surface area contributed by atoms with Crippen LogP contribution >= 0.6 is 0 Å². The smallest absolute Gasteiger partial charge is 0.224 e. The van der Waals surface area contributed by atoms with Gasteiger partial charge in [0.15, 0.2) is 0 Å². The third-order valence-corrected chi connectivity index (χ3v) is 2.47. The van der Waals surface area contributed by atoms with Gasteiger partial charge in [0.1, 0.15) is 12.4 Å². The molecule has 0 aliphatic carbocycles. The molecule has 4 nitrogen and oxygen atoms in total.